The van der Waals surface area contributed by atoms with Gasteiger partial charge < -0.3 is 10.0 Å². The number of halogens is 2. The fraction of sp³-hybridized carbons (Fsp3) is 0.429. The lowest BCUT2D eigenvalue weighted by Gasteiger charge is -2.21. The Balaban J connectivity index is 3.08. The van der Waals surface area contributed by atoms with Crippen LogP contribution in [0.2, 0.25) is 5.02 Å². The summed E-state index contributed by atoms with van der Waals surface area (Å²) in [5.74, 6) is -3.59. The van der Waals surface area contributed by atoms with Crippen LogP contribution in [0, 0.1) is 5.82 Å². The maximum absolute atomic E-state index is 13.8. The molecule has 0 spiro atoms. The second-order valence-electron chi connectivity index (χ2n) is 4.30. The molecule has 0 saturated heterocycles. The number of nitrogens with zero attached hydrogens (tertiary/aromatic N) is 1. The molecule has 1 N–H and O–H groups in total. The fourth-order valence-electron chi connectivity index (χ4n) is 2.04. The largest absolute Gasteiger partial charge is 0.481 e. The van der Waals surface area contributed by atoms with E-state index in [1.165, 1.54) is 17.0 Å². The van der Waals surface area contributed by atoms with Gasteiger partial charge in [0.2, 0.25) is 5.91 Å². The van der Waals surface area contributed by atoms with Crippen molar-refractivity contribution in [1.82, 2.24) is 4.90 Å². The average molecular weight is 302 g/mol. The maximum atomic E-state index is 13.8. The Morgan fingerprint density at radius 1 is 1.35 bits per heavy atom. The zero-order chi connectivity index (χ0) is 15.3. The highest BCUT2D eigenvalue weighted by Crippen LogP contribution is 2.30. The Bertz CT molecular complexity index is 483. The summed E-state index contributed by atoms with van der Waals surface area (Å²) in [5.41, 5.74) is -0.137. The molecule has 0 aliphatic carbocycles. The first-order chi connectivity index (χ1) is 9.42. The highest BCUT2D eigenvalue weighted by Gasteiger charge is 2.29. The van der Waals surface area contributed by atoms with Crippen molar-refractivity contribution in [3.63, 3.8) is 0 Å². The molecule has 0 bridgehead atoms. The minimum absolute atomic E-state index is 0.0183. The summed E-state index contributed by atoms with van der Waals surface area (Å²) in [5, 5.41) is 9.27. The number of aliphatic carboxylic acids is 1. The van der Waals surface area contributed by atoms with Crippen LogP contribution in [0.25, 0.3) is 0 Å². The molecular weight excluding hydrogens is 285 g/mol. The number of carbonyl (C=O) groups is 2. The van der Waals surface area contributed by atoms with Crippen LogP contribution >= 0.6 is 11.6 Å². The van der Waals surface area contributed by atoms with Crippen LogP contribution in [0.1, 0.15) is 31.7 Å². The van der Waals surface area contributed by atoms with Crippen molar-refractivity contribution in [3.8, 4) is 0 Å². The van der Waals surface area contributed by atoms with Crippen LogP contribution in [0.3, 0.4) is 0 Å². The molecule has 20 heavy (non-hydrogen) atoms. The summed E-state index contributed by atoms with van der Waals surface area (Å²) in [7, 11) is 0. The summed E-state index contributed by atoms with van der Waals surface area (Å²) < 4.78 is 13.8. The van der Waals surface area contributed by atoms with E-state index in [1.807, 2.05) is 0 Å². The molecule has 0 saturated carbocycles. The number of hydrogen-bond donors (Lipinski definition) is 1. The molecule has 110 valence electrons. The molecule has 0 aliphatic heterocycles. The number of carbonyl (C=O) groups excluding carboxylic acids is 1. The summed E-state index contributed by atoms with van der Waals surface area (Å²) in [6.45, 7) is 4.56. The topological polar surface area (TPSA) is 57.6 Å². The second kappa shape index (κ2) is 7.24. The Morgan fingerprint density at radius 2 is 1.95 bits per heavy atom. The van der Waals surface area contributed by atoms with E-state index >= 15 is 0 Å². The second-order valence-corrected chi connectivity index (χ2v) is 4.70. The van der Waals surface area contributed by atoms with Crippen LogP contribution < -0.4 is 0 Å². The molecule has 6 heteroatoms. The third kappa shape index (κ3) is 3.70. The Labute approximate surface area is 122 Å². The zero-order valence-corrected chi connectivity index (χ0v) is 12.2. The monoisotopic (exact) mass is 301 g/mol. The van der Waals surface area contributed by atoms with Crippen molar-refractivity contribution in [2.45, 2.75) is 26.2 Å². The van der Waals surface area contributed by atoms with Gasteiger partial charge in [-0.3, -0.25) is 9.59 Å². The number of carboxylic acid groups (broad SMARTS) is 1. The van der Waals surface area contributed by atoms with Gasteiger partial charge in [0, 0.05) is 30.1 Å². The van der Waals surface area contributed by atoms with Crippen molar-refractivity contribution in [2.75, 3.05) is 13.1 Å². The van der Waals surface area contributed by atoms with Crippen LogP contribution in [0.15, 0.2) is 18.2 Å². The van der Waals surface area contributed by atoms with Crippen molar-refractivity contribution < 1.29 is 19.1 Å². The third-order valence-electron chi connectivity index (χ3n) is 3.14. The van der Waals surface area contributed by atoms with E-state index in [1.54, 1.807) is 13.8 Å². The first kappa shape index (κ1) is 16.4. The van der Waals surface area contributed by atoms with Crippen molar-refractivity contribution in [2.24, 2.45) is 0 Å². The number of rotatable bonds is 6. The van der Waals surface area contributed by atoms with Crippen molar-refractivity contribution in [3.05, 3.63) is 34.6 Å². The van der Waals surface area contributed by atoms with Gasteiger partial charge >= 0.3 is 5.97 Å². The summed E-state index contributed by atoms with van der Waals surface area (Å²) in [6.07, 6.45) is -0.308. The van der Waals surface area contributed by atoms with E-state index in [4.69, 9.17) is 11.6 Å². The highest BCUT2D eigenvalue weighted by atomic mass is 35.5. The van der Waals surface area contributed by atoms with E-state index in [0.717, 1.165) is 6.07 Å². The Kier molecular flexibility index (Phi) is 5.95. The quantitative estimate of drug-likeness (QED) is 0.879. The van der Waals surface area contributed by atoms with Gasteiger partial charge in [0.15, 0.2) is 0 Å². The predicted molar refractivity (Wildman–Crippen MR) is 74.3 cm³/mol. The van der Waals surface area contributed by atoms with Gasteiger partial charge in [-0.1, -0.05) is 17.7 Å². The molecule has 1 rings (SSSR count). The molecule has 1 aromatic carbocycles. The summed E-state index contributed by atoms with van der Waals surface area (Å²) in [4.78, 5) is 24.9. The smallest absolute Gasteiger partial charge is 0.311 e. The van der Waals surface area contributed by atoms with Gasteiger partial charge in [0.05, 0.1) is 5.92 Å². The standard InChI is InChI=1S/C14H17ClFNO3/c1-3-17(4-2)12(18)8-9(14(19)20)13-10(15)6-5-7-11(13)16/h5-7,9H,3-4,8H2,1-2H3,(H,19,20). The van der Waals surface area contributed by atoms with Gasteiger partial charge in [0.1, 0.15) is 5.82 Å². The summed E-state index contributed by atoms with van der Waals surface area (Å²) in [6, 6.07) is 3.95. The lowest BCUT2D eigenvalue weighted by atomic mass is 9.94. The zero-order valence-electron chi connectivity index (χ0n) is 11.4. The molecule has 1 amide bonds. The highest BCUT2D eigenvalue weighted by molar-refractivity contribution is 6.31. The van der Waals surface area contributed by atoms with Gasteiger partial charge in [-0.15, -0.1) is 0 Å². The normalized spacial score (nSPS) is 12.0. The molecule has 0 heterocycles. The van der Waals surface area contributed by atoms with Crippen molar-refractivity contribution in [1.29, 1.82) is 0 Å². The van der Waals surface area contributed by atoms with Gasteiger partial charge in [-0.25, -0.2) is 4.39 Å². The number of hydrogen-bond acceptors (Lipinski definition) is 2. The minimum Gasteiger partial charge on any atom is -0.481 e. The first-order valence-corrected chi connectivity index (χ1v) is 6.74. The molecule has 1 aromatic rings. The van der Waals surface area contributed by atoms with E-state index in [0.29, 0.717) is 13.1 Å². The lowest BCUT2D eigenvalue weighted by molar-refractivity contribution is -0.142. The number of benzene rings is 1. The van der Waals surface area contributed by atoms with Crippen LogP contribution in [0.5, 0.6) is 0 Å². The minimum atomic E-state index is -1.28. The van der Waals surface area contributed by atoms with Gasteiger partial charge in [-0.05, 0) is 26.0 Å². The maximum Gasteiger partial charge on any atom is 0.311 e. The average Bonchev–Trinajstić information content (AvgIpc) is 2.38. The summed E-state index contributed by atoms with van der Waals surface area (Å²) >= 11 is 5.87. The molecule has 0 radical (unpaired) electrons. The van der Waals surface area contributed by atoms with E-state index in [9.17, 15) is 19.1 Å². The molecule has 4 nitrogen and oxygen atoms in total. The van der Waals surface area contributed by atoms with Crippen molar-refractivity contribution >= 4 is 23.5 Å². The van der Waals surface area contributed by atoms with Gasteiger partial charge in [-0.2, -0.15) is 0 Å². The first-order valence-electron chi connectivity index (χ1n) is 6.36. The van der Waals surface area contributed by atoms with E-state index in [2.05, 4.69) is 0 Å². The SMILES string of the molecule is CCN(CC)C(=O)CC(C(=O)O)c1c(F)cccc1Cl. The molecule has 1 unspecified atom stereocenters. The van der Waals surface area contributed by atoms with E-state index < -0.39 is 17.7 Å². The number of carboxylic acids is 1. The van der Waals surface area contributed by atoms with Gasteiger partial charge in [0.25, 0.3) is 0 Å². The third-order valence-corrected chi connectivity index (χ3v) is 3.47. The molecule has 1 atom stereocenters. The lowest BCUT2D eigenvalue weighted by Crippen LogP contribution is -2.33. The predicted octanol–water partition coefficient (Wildman–Crippen LogP) is 2.91. The number of amides is 1. The Hall–Kier alpha value is -1.62. The molecule has 0 aliphatic rings. The van der Waals surface area contributed by atoms with E-state index in [-0.39, 0.29) is 22.9 Å². The molecular formula is C14H17ClFNO3. The van der Waals surface area contributed by atoms with Crippen LogP contribution in [-0.4, -0.2) is 35.0 Å². The molecule has 0 aromatic heterocycles. The molecule has 0 fully saturated rings. The van der Waals surface area contributed by atoms with Crippen LogP contribution in [-0.2, 0) is 9.59 Å². The van der Waals surface area contributed by atoms with Crippen LogP contribution in [0.4, 0.5) is 4.39 Å². The fourth-order valence-corrected chi connectivity index (χ4v) is 2.33. The Morgan fingerprint density at radius 3 is 2.40 bits per heavy atom.